The van der Waals surface area contributed by atoms with E-state index in [4.69, 9.17) is 19.8 Å². The van der Waals surface area contributed by atoms with Crippen molar-refractivity contribution in [3.05, 3.63) is 23.8 Å². The highest BCUT2D eigenvalue weighted by atomic mass is 16.7. The Bertz CT molecular complexity index is 594. The lowest BCUT2D eigenvalue weighted by atomic mass is 9.78. The Labute approximate surface area is 131 Å². The maximum absolute atomic E-state index is 11.6. The molecule has 0 spiro atoms. The quantitative estimate of drug-likeness (QED) is 0.858. The van der Waals surface area contributed by atoms with Gasteiger partial charge in [-0.2, -0.15) is 0 Å². The number of carbonyl (C=O) groups excluding carboxylic acids is 1. The van der Waals surface area contributed by atoms with Crippen molar-refractivity contribution in [1.82, 2.24) is 0 Å². The standard InChI is InChI=1S/C16H22BNO4/c1-15(2)16(3,4)22-17(21-15)11-7-10(14(18)19)8-13(9-11)20-12-5-6-12/h7-9,12H,5-6H2,1-4H3,(H2,18,19). The van der Waals surface area contributed by atoms with E-state index in [1.807, 2.05) is 33.8 Å². The molecule has 1 saturated carbocycles. The highest BCUT2D eigenvalue weighted by molar-refractivity contribution is 6.62. The molecule has 0 bridgehead atoms. The number of amides is 1. The van der Waals surface area contributed by atoms with E-state index >= 15 is 0 Å². The van der Waals surface area contributed by atoms with Gasteiger partial charge in [-0.25, -0.2) is 0 Å². The summed E-state index contributed by atoms with van der Waals surface area (Å²) in [6, 6.07) is 5.26. The highest BCUT2D eigenvalue weighted by Gasteiger charge is 2.51. The van der Waals surface area contributed by atoms with E-state index in [1.54, 1.807) is 12.1 Å². The van der Waals surface area contributed by atoms with Gasteiger partial charge in [-0.15, -0.1) is 0 Å². The highest BCUT2D eigenvalue weighted by Crippen LogP contribution is 2.37. The van der Waals surface area contributed by atoms with Gasteiger partial charge in [0.25, 0.3) is 0 Å². The van der Waals surface area contributed by atoms with E-state index < -0.39 is 24.2 Å². The summed E-state index contributed by atoms with van der Waals surface area (Å²) in [4.78, 5) is 11.6. The molecule has 1 aliphatic carbocycles. The molecule has 1 saturated heterocycles. The average molecular weight is 303 g/mol. The van der Waals surface area contributed by atoms with Gasteiger partial charge >= 0.3 is 7.12 Å². The summed E-state index contributed by atoms with van der Waals surface area (Å²) in [5, 5.41) is 0. The fourth-order valence-corrected chi connectivity index (χ4v) is 2.33. The van der Waals surface area contributed by atoms with Crippen LogP contribution in [0.3, 0.4) is 0 Å². The number of hydrogen-bond donors (Lipinski definition) is 1. The summed E-state index contributed by atoms with van der Waals surface area (Å²) in [5.74, 6) is 0.155. The average Bonchev–Trinajstić information content (AvgIpc) is 3.16. The molecule has 118 valence electrons. The van der Waals surface area contributed by atoms with Crippen LogP contribution in [0.1, 0.15) is 50.9 Å². The second-order valence-corrected chi connectivity index (χ2v) is 7.06. The number of benzene rings is 1. The smallest absolute Gasteiger partial charge is 0.490 e. The molecule has 1 heterocycles. The predicted octanol–water partition coefficient (Wildman–Crippen LogP) is 1.63. The first-order valence-corrected chi connectivity index (χ1v) is 7.65. The SMILES string of the molecule is CC1(C)OB(c2cc(OC3CC3)cc(C(N)=O)c2)OC1(C)C. The third-order valence-electron chi connectivity index (χ3n) is 4.57. The summed E-state index contributed by atoms with van der Waals surface area (Å²) in [6.07, 6.45) is 2.34. The molecular formula is C16H22BNO4. The van der Waals surface area contributed by atoms with Crippen LogP contribution in [0.2, 0.25) is 0 Å². The van der Waals surface area contributed by atoms with Crippen molar-refractivity contribution in [2.24, 2.45) is 5.73 Å². The Kier molecular flexibility index (Phi) is 3.49. The molecule has 2 aliphatic rings. The predicted molar refractivity (Wildman–Crippen MR) is 84.3 cm³/mol. The number of primary amides is 1. The molecular weight excluding hydrogens is 281 g/mol. The van der Waals surface area contributed by atoms with Gasteiger partial charge in [0.05, 0.1) is 17.3 Å². The van der Waals surface area contributed by atoms with Gasteiger partial charge in [-0.05, 0) is 64.2 Å². The summed E-state index contributed by atoms with van der Waals surface area (Å²) >= 11 is 0. The largest absolute Gasteiger partial charge is 0.494 e. The van der Waals surface area contributed by atoms with Crippen molar-refractivity contribution in [3.8, 4) is 5.75 Å². The van der Waals surface area contributed by atoms with Gasteiger partial charge in [0, 0.05) is 5.56 Å². The van der Waals surface area contributed by atoms with Gasteiger partial charge in [-0.3, -0.25) is 4.79 Å². The lowest BCUT2D eigenvalue weighted by Crippen LogP contribution is -2.41. The van der Waals surface area contributed by atoms with Gasteiger partial charge in [0.2, 0.25) is 5.91 Å². The fraction of sp³-hybridized carbons (Fsp3) is 0.562. The number of nitrogens with two attached hydrogens (primary N) is 1. The first-order valence-electron chi connectivity index (χ1n) is 7.65. The Morgan fingerprint density at radius 1 is 1.18 bits per heavy atom. The molecule has 0 unspecified atom stereocenters. The van der Waals surface area contributed by atoms with Crippen LogP contribution in [0.15, 0.2) is 18.2 Å². The molecule has 6 heteroatoms. The van der Waals surface area contributed by atoms with Crippen LogP contribution in [0.25, 0.3) is 0 Å². The number of rotatable bonds is 4. The zero-order chi connectivity index (χ0) is 16.1. The molecule has 5 nitrogen and oxygen atoms in total. The molecule has 1 aromatic rings. The van der Waals surface area contributed by atoms with Crippen molar-refractivity contribution < 1.29 is 18.8 Å². The molecule has 2 N–H and O–H groups in total. The summed E-state index contributed by atoms with van der Waals surface area (Å²) < 4.78 is 17.9. The van der Waals surface area contributed by atoms with Crippen LogP contribution in [0.5, 0.6) is 5.75 Å². The van der Waals surface area contributed by atoms with Crippen molar-refractivity contribution in [2.75, 3.05) is 0 Å². The molecule has 1 aliphatic heterocycles. The molecule has 0 radical (unpaired) electrons. The maximum Gasteiger partial charge on any atom is 0.494 e. The van der Waals surface area contributed by atoms with Gasteiger partial charge in [0.15, 0.2) is 0 Å². The van der Waals surface area contributed by atoms with E-state index in [1.165, 1.54) is 0 Å². The van der Waals surface area contributed by atoms with E-state index in [0.29, 0.717) is 11.3 Å². The van der Waals surface area contributed by atoms with Crippen molar-refractivity contribution in [3.63, 3.8) is 0 Å². The van der Waals surface area contributed by atoms with E-state index in [2.05, 4.69) is 0 Å². The molecule has 0 atom stereocenters. The van der Waals surface area contributed by atoms with Crippen LogP contribution >= 0.6 is 0 Å². The fourth-order valence-electron chi connectivity index (χ4n) is 2.33. The Balaban J connectivity index is 1.92. The lowest BCUT2D eigenvalue weighted by molar-refractivity contribution is 0.00578. The second kappa shape index (κ2) is 5.00. The molecule has 2 fully saturated rings. The molecule has 3 rings (SSSR count). The minimum absolute atomic E-state index is 0.245. The Morgan fingerprint density at radius 2 is 1.77 bits per heavy atom. The number of hydrogen-bond acceptors (Lipinski definition) is 4. The van der Waals surface area contributed by atoms with Crippen LogP contribution in [0, 0.1) is 0 Å². The minimum atomic E-state index is -0.536. The first-order chi connectivity index (χ1) is 10.2. The van der Waals surface area contributed by atoms with Crippen molar-refractivity contribution >= 4 is 18.5 Å². The Hall–Kier alpha value is -1.53. The normalized spacial score (nSPS) is 22.6. The zero-order valence-corrected chi connectivity index (χ0v) is 13.5. The van der Waals surface area contributed by atoms with Gasteiger partial charge in [0.1, 0.15) is 5.75 Å². The second-order valence-electron chi connectivity index (χ2n) is 7.06. The Morgan fingerprint density at radius 3 is 2.27 bits per heavy atom. The third-order valence-corrected chi connectivity index (χ3v) is 4.57. The van der Waals surface area contributed by atoms with E-state index in [0.717, 1.165) is 18.3 Å². The molecule has 22 heavy (non-hydrogen) atoms. The first kappa shape index (κ1) is 15.4. The monoisotopic (exact) mass is 303 g/mol. The number of ether oxygens (including phenoxy) is 1. The van der Waals surface area contributed by atoms with Crippen molar-refractivity contribution in [2.45, 2.75) is 57.8 Å². The number of carbonyl (C=O) groups is 1. The van der Waals surface area contributed by atoms with Crippen LogP contribution in [-0.2, 0) is 9.31 Å². The lowest BCUT2D eigenvalue weighted by Gasteiger charge is -2.32. The molecule has 1 amide bonds. The van der Waals surface area contributed by atoms with E-state index in [-0.39, 0.29) is 6.10 Å². The van der Waals surface area contributed by atoms with Gasteiger partial charge < -0.3 is 19.8 Å². The van der Waals surface area contributed by atoms with E-state index in [9.17, 15) is 4.79 Å². The van der Waals surface area contributed by atoms with Crippen LogP contribution in [-0.4, -0.2) is 30.3 Å². The molecule has 0 aromatic heterocycles. The maximum atomic E-state index is 11.6. The third kappa shape index (κ3) is 2.85. The minimum Gasteiger partial charge on any atom is -0.490 e. The van der Waals surface area contributed by atoms with Gasteiger partial charge in [-0.1, -0.05) is 0 Å². The summed E-state index contributed by atoms with van der Waals surface area (Å²) in [6.45, 7) is 7.97. The van der Waals surface area contributed by atoms with Crippen molar-refractivity contribution in [1.29, 1.82) is 0 Å². The summed E-state index contributed by atoms with van der Waals surface area (Å²) in [7, 11) is -0.536. The van der Waals surface area contributed by atoms with Crippen LogP contribution in [0.4, 0.5) is 0 Å². The zero-order valence-electron chi connectivity index (χ0n) is 13.5. The summed E-state index contributed by atoms with van der Waals surface area (Å²) in [5.41, 5.74) is 5.72. The topological polar surface area (TPSA) is 70.8 Å². The molecule has 1 aromatic carbocycles. The van der Waals surface area contributed by atoms with Crippen LogP contribution < -0.4 is 15.9 Å².